The van der Waals surface area contributed by atoms with Gasteiger partial charge in [0.2, 0.25) is 0 Å². The molecule has 1 aliphatic rings. The molecule has 136 valence electrons. The molecule has 2 aromatic heterocycles. The molecule has 0 aliphatic heterocycles. The maximum atomic E-state index is 13.0. The summed E-state index contributed by atoms with van der Waals surface area (Å²) in [6.45, 7) is 2.46. The van der Waals surface area contributed by atoms with Gasteiger partial charge in [0, 0.05) is 29.7 Å². The van der Waals surface area contributed by atoms with Gasteiger partial charge in [0.05, 0.1) is 5.52 Å². The number of aromatic nitrogens is 1. The van der Waals surface area contributed by atoms with E-state index in [0.29, 0.717) is 17.3 Å². The molecule has 1 amide bonds. The third-order valence-corrected chi connectivity index (χ3v) is 5.54. The summed E-state index contributed by atoms with van der Waals surface area (Å²) in [7, 11) is 0. The first-order valence-corrected chi connectivity index (χ1v) is 9.63. The number of hydrogen-bond acceptors (Lipinski definition) is 2. The van der Waals surface area contributed by atoms with Crippen molar-refractivity contribution in [2.45, 2.75) is 51.6 Å². The smallest absolute Gasteiger partial charge is 0.268 e. The van der Waals surface area contributed by atoms with Crippen molar-refractivity contribution in [3.05, 3.63) is 58.4 Å². The Morgan fingerprint density at radius 3 is 2.77 bits per heavy atom. The number of fused-ring (bicyclic) bond motifs is 1. The van der Waals surface area contributed by atoms with Crippen LogP contribution in [0, 0.1) is 6.92 Å². The van der Waals surface area contributed by atoms with E-state index in [0.717, 1.165) is 35.3 Å². The highest BCUT2D eigenvalue weighted by Crippen LogP contribution is 2.27. The van der Waals surface area contributed by atoms with Crippen LogP contribution in [0.3, 0.4) is 0 Å². The van der Waals surface area contributed by atoms with Gasteiger partial charge in [0.25, 0.3) is 5.91 Å². The lowest BCUT2D eigenvalue weighted by Crippen LogP contribution is -2.37. The van der Waals surface area contributed by atoms with Gasteiger partial charge in [-0.1, -0.05) is 49.1 Å². The zero-order valence-corrected chi connectivity index (χ0v) is 15.7. The zero-order valence-electron chi connectivity index (χ0n) is 14.9. The van der Waals surface area contributed by atoms with Gasteiger partial charge in [0.15, 0.2) is 5.58 Å². The van der Waals surface area contributed by atoms with E-state index in [4.69, 9.17) is 16.0 Å². The highest BCUT2D eigenvalue weighted by molar-refractivity contribution is 6.31. The molecule has 3 aromatic rings. The quantitative estimate of drug-likeness (QED) is 0.676. The topological polar surface area (TPSA) is 47.2 Å². The predicted octanol–water partition coefficient (Wildman–Crippen LogP) is 5.31. The average Bonchev–Trinajstić information content (AvgIpc) is 3.15. The number of nitrogens with zero attached hydrogens (tertiary/aromatic N) is 1. The number of furan rings is 1. The third-order valence-electron chi connectivity index (χ3n) is 5.17. The summed E-state index contributed by atoms with van der Waals surface area (Å²) in [6.07, 6.45) is 5.76. The molecule has 1 saturated carbocycles. The Morgan fingerprint density at radius 2 is 2.00 bits per heavy atom. The van der Waals surface area contributed by atoms with E-state index in [1.54, 1.807) is 0 Å². The van der Waals surface area contributed by atoms with Crippen LogP contribution in [0.5, 0.6) is 0 Å². The standard InChI is InChI=1S/C21H23ClN2O2/c1-14-11-18-20(26-14)12-19(21(25)23-16-8-3-2-4-9-16)24(18)13-15-7-5-6-10-17(15)22/h5-7,10-12,16H,2-4,8-9,13H2,1H3,(H,23,25). The summed E-state index contributed by atoms with van der Waals surface area (Å²) in [4.78, 5) is 13.0. The van der Waals surface area contributed by atoms with Crippen LogP contribution in [0.1, 0.15) is 53.9 Å². The van der Waals surface area contributed by atoms with Crippen molar-refractivity contribution < 1.29 is 9.21 Å². The van der Waals surface area contributed by atoms with Gasteiger partial charge >= 0.3 is 0 Å². The molecule has 26 heavy (non-hydrogen) atoms. The molecule has 0 unspecified atom stereocenters. The second kappa shape index (κ2) is 7.20. The molecule has 4 nitrogen and oxygen atoms in total. The van der Waals surface area contributed by atoms with E-state index >= 15 is 0 Å². The Kier molecular flexibility index (Phi) is 4.77. The predicted molar refractivity (Wildman–Crippen MR) is 104 cm³/mol. The van der Waals surface area contributed by atoms with Crippen molar-refractivity contribution in [3.63, 3.8) is 0 Å². The fourth-order valence-electron chi connectivity index (χ4n) is 3.83. The van der Waals surface area contributed by atoms with Gasteiger partial charge in [0.1, 0.15) is 11.5 Å². The lowest BCUT2D eigenvalue weighted by Gasteiger charge is -2.23. The minimum absolute atomic E-state index is 0.0343. The van der Waals surface area contributed by atoms with Crippen molar-refractivity contribution in [1.82, 2.24) is 9.88 Å². The molecule has 0 atom stereocenters. The fraction of sp³-hybridized carbons (Fsp3) is 0.381. The Labute approximate surface area is 158 Å². The van der Waals surface area contributed by atoms with Gasteiger partial charge in [-0.05, 0) is 31.4 Å². The second-order valence-electron chi connectivity index (χ2n) is 7.12. The molecule has 0 saturated heterocycles. The fourth-order valence-corrected chi connectivity index (χ4v) is 4.02. The third kappa shape index (κ3) is 3.38. The SMILES string of the molecule is Cc1cc2c(cc(C(=O)NC3CCCCC3)n2Cc2ccccc2Cl)o1. The van der Waals surface area contributed by atoms with E-state index in [-0.39, 0.29) is 11.9 Å². The number of hydrogen-bond donors (Lipinski definition) is 1. The molecule has 2 heterocycles. The summed E-state index contributed by atoms with van der Waals surface area (Å²) in [5.74, 6) is 0.801. The number of carbonyl (C=O) groups excluding carboxylic acids is 1. The largest absolute Gasteiger partial charge is 0.460 e. The number of aryl methyl sites for hydroxylation is 1. The highest BCUT2D eigenvalue weighted by Gasteiger charge is 2.22. The Balaban J connectivity index is 1.68. The number of halogens is 1. The van der Waals surface area contributed by atoms with E-state index in [1.807, 2.05) is 47.9 Å². The summed E-state index contributed by atoms with van der Waals surface area (Å²) in [5.41, 5.74) is 3.28. The van der Waals surface area contributed by atoms with Crippen molar-refractivity contribution >= 4 is 28.6 Å². The Morgan fingerprint density at radius 1 is 1.23 bits per heavy atom. The lowest BCUT2D eigenvalue weighted by atomic mass is 9.95. The van der Waals surface area contributed by atoms with Crippen LogP contribution in [0.2, 0.25) is 5.02 Å². The Hall–Kier alpha value is -2.20. The van der Waals surface area contributed by atoms with Crippen LogP contribution >= 0.6 is 11.6 Å². The van der Waals surface area contributed by atoms with Crippen molar-refractivity contribution in [3.8, 4) is 0 Å². The van der Waals surface area contributed by atoms with Gasteiger partial charge in [-0.15, -0.1) is 0 Å². The first kappa shape index (κ1) is 17.2. The molecule has 1 aromatic carbocycles. The van der Waals surface area contributed by atoms with Crippen LogP contribution in [0.4, 0.5) is 0 Å². The Bertz CT molecular complexity index is 935. The second-order valence-corrected chi connectivity index (χ2v) is 7.53. The molecule has 5 heteroatoms. The zero-order chi connectivity index (χ0) is 18.1. The maximum Gasteiger partial charge on any atom is 0.268 e. The van der Waals surface area contributed by atoms with Crippen molar-refractivity contribution in [1.29, 1.82) is 0 Å². The minimum atomic E-state index is -0.0343. The minimum Gasteiger partial charge on any atom is -0.460 e. The number of rotatable bonds is 4. The number of amides is 1. The first-order chi connectivity index (χ1) is 12.6. The summed E-state index contributed by atoms with van der Waals surface area (Å²) in [6, 6.07) is 11.8. The lowest BCUT2D eigenvalue weighted by molar-refractivity contribution is 0.0919. The molecular weight excluding hydrogens is 348 g/mol. The van der Waals surface area contributed by atoms with E-state index in [9.17, 15) is 4.79 Å². The summed E-state index contributed by atoms with van der Waals surface area (Å²) in [5, 5.41) is 3.91. The van der Waals surface area contributed by atoms with E-state index in [2.05, 4.69) is 5.32 Å². The monoisotopic (exact) mass is 370 g/mol. The molecule has 0 radical (unpaired) electrons. The average molecular weight is 371 g/mol. The molecular formula is C21H23ClN2O2. The van der Waals surface area contributed by atoms with Gasteiger partial charge in [-0.2, -0.15) is 0 Å². The van der Waals surface area contributed by atoms with Crippen LogP contribution < -0.4 is 5.32 Å². The highest BCUT2D eigenvalue weighted by atomic mass is 35.5. The molecule has 1 N–H and O–H groups in total. The molecule has 1 fully saturated rings. The van der Waals surface area contributed by atoms with Crippen LogP contribution in [0.25, 0.3) is 11.1 Å². The maximum absolute atomic E-state index is 13.0. The number of nitrogens with one attached hydrogen (secondary N) is 1. The number of benzene rings is 1. The summed E-state index contributed by atoms with van der Waals surface area (Å²) >= 11 is 6.35. The molecule has 0 bridgehead atoms. The van der Waals surface area contributed by atoms with Crippen LogP contribution in [-0.2, 0) is 6.54 Å². The normalized spacial score (nSPS) is 15.5. The number of carbonyl (C=O) groups is 1. The van der Waals surface area contributed by atoms with Crippen molar-refractivity contribution in [2.75, 3.05) is 0 Å². The van der Waals surface area contributed by atoms with Gasteiger partial charge < -0.3 is 14.3 Å². The van der Waals surface area contributed by atoms with Crippen LogP contribution in [0.15, 0.2) is 40.8 Å². The van der Waals surface area contributed by atoms with E-state index in [1.165, 1.54) is 19.3 Å². The first-order valence-electron chi connectivity index (χ1n) is 9.26. The van der Waals surface area contributed by atoms with Crippen molar-refractivity contribution in [2.24, 2.45) is 0 Å². The van der Waals surface area contributed by atoms with Gasteiger partial charge in [-0.3, -0.25) is 4.79 Å². The summed E-state index contributed by atoms with van der Waals surface area (Å²) < 4.78 is 7.77. The van der Waals surface area contributed by atoms with E-state index < -0.39 is 0 Å². The van der Waals surface area contributed by atoms with Gasteiger partial charge in [-0.25, -0.2) is 0 Å². The van der Waals surface area contributed by atoms with Crippen LogP contribution in [-0.4, -0.2) is 16.5 Å². The molecule has 0 spiro atoms. The molecule has 1 aliphatic carbocycles. The molecule has 4 rings (SSSR count).